The molecule has 0 saturated heterocycles. The maximum Gasteiger partial charge on any atom is 0.125 e. The normalized spacial score (nSPS) is 15.1. The highest BCUT2D eigenvalue weighted by Gasteiger charge is 2.20. The van der Waals surface area contributed by atoms with E-state index in [4.69, 9.17) is 22.1 Å². The molecule has 1 aliphatic heterocycles. The summed E-state index contributed by atoms with van der Waals surface area (Å²) in [6.45, 7) is 2.72. The van der Waals surface area contributed by atoms with Crippen molar-refractivity contribution in [3.8, 4) is 5.75 Å². The van der Waals surface area contributed by atoms with Gasteiger partial charge in [-0.1, -0.05) is 11.6 Å². The smallest absolute Gasteiger partial charge is 0.125 e. The number of halogens is 1. The topological polar surface area (TPSA) is 48.1 Å². The van der Waals surface area contributed by atoms with Gasteiger partial charge >= 0.3 is 0 Å². The van der Waals surface area contributed by atoms with E-state index in [2.05, 4.69) is 4.98 Å². The fraction of sp³-hybridized carbons (Fsp3) is 0.357. The van der Waals surface area contributed by atoms with E-state index in [0.717, 1.165) is 46.4 Å². The summed E-state index contributed by atoms with van der Waals surface area (Å²) in [7, 11) is 0. The van der Waals surface area contributed by atoms with Crippen molar-refractivity contribution in [2.75, 3.05) is 6.61 Å². The number of hydrogen-bond donors (Lipinski definition) is 1. The van der Waals surface area contributed by atoms with Gasteiger partial charge in [0.25, 0.3) is 0 Å². The molecule has 3 nitrogen and oxygen atoms in total. The average Bonchev–Trinajstić information content (AvgIpc) is 2.97. The first-order valence-corrected chi connectivity index (χ1v) is 7.50. The van der Waals surface area contributed by atoms with Crippen LogP contribution in [0.25, 0.3) is 0 Å². The van der Waals surface area contributed by atoms with Crippen LogP contribution in [0.15, 0.2) is 17.6 Å². The largest absolute Gasteiger partial charge is 0.493 e. The molecule has 0 aliphatic carbocycles. The Hall–Kier alpha value is -1.10. The molecule has 2 heterocycles. The molecule has 0 radical (unpaired) electrons. The zero-order valence-corrected chi connectivity index (χ0v) is 12.2. The minimum absolute atomic E-state index is 0.0562. The van der Waals surface area contributed by atoms with Crippen LogP contribution in [-0.4, -0.2) is 11.6 Å². The van der Waals surface area contributed by atoms with Gasteiger partial charge in [-0.2, -0.15) is 0 Å². The van der Waals surface area contributed by atoms with E-state index in [9.17, 15) is 0 Å². The Morgan fingerprint density at radius 2 is 2.37 bits per heavy atom. The number of fused-ring (bicyclic) bond motifs is 1. The van der Waals surface area contributed by atoms with Gasteiger partial charge in [0.1, 0.15) is 5.75 Å². The van der Waals surface area contributed by atoms with Crippen molar-refractivity contribution in [1.29, 1.82) is 0 Å². The van der Waals surface area contributed by atoms with Crippen LogP contribution in [0.2, 0.25) is 5.02 Å². The lowest BCUT2D eigenvalue weighted by molar-refractivity contribution is 0.352. The van der Waals surface area contributed by atoms with Crippen molar-refractivity contribution in [2.24, 2.45) is 5.73 Å². The highest BCUT2D eigenvalue weighted by atomic mass is 35.5. The SMILES string of the molecule is Cc1ncsc1C(N)Cc1cc(Cl)cc2c1OCC2. The van der Waals surface area contributed by atoms with E-state index in [-0.39, 0.29) is 6.04 Å². The van der Waals surface area contributed by atoms with E-state index in [0.29, 0.717) is 0 Å². The summed E-state index contributed by atoms with van der Waals surface area (Å²) in [4.78, 5) is 5.38. The second-order valence-corrected chi connectivity index (χ2v) is 6.09. The number of ether oxygens (including phenoxy) is 1. The molecular weight excluding hydrogens is 280 g/mol. The van der Waals surface area contributed by atoms with Gasteiger partial charge in [-0.3, -0.25) is 0 Å². The number of hydrogen-bond acceptors (Lipinski definition) is 4. The molecule has 1 aromatic heterocycles. The summed E-state index contributed by atoms with van der Waals surface area (Å²) in [5.74, 6) is 0.974. The third-order valence-corrected chi connectivity index (χ3v) is 4.67. The van der Waals surface area contributed by atoms with Gasteiger partial charge in [0.15, 0.2) is 0 Å². The Labute approximate surface area is 121 Å². The second kappa shape index (κ2) is 5.12. The molecule has 1 aliphatic rings. The molecule has 1 aromatic carbocycles. The monoisotopic (exact) mass is 294 g/mol. The minimum atomic E-state index is -0.0562. The van der Waals surface area contributed by atoms with Crippen LogP contribution in [0.1, 0.15) is 27.7 Å². The number of rotatable bonds is 3. The van der Waals surface area contributed by atoms with Gasteiger partial charge in [0.05, 0.1) is 17.8 Å². The number of nitrogens with zero attached hydrogens (tertiary/aromatic N) is 1. The highest BCUT2D eigenvalue weighted by molar-refractivity contribution is 7.09. The number of aryl methyl sites for hydroxylation is 1. The number of nitrogens with two attached hydrogens (primary N) is 1. The van der Waals surface area contributed by atoms with Crippen LogP contribution < -0.4 is 10.5 Å². The number of aromatic nitrogens is 1. The summed E-state index contributed by atoms with van der Waals surface area (Å²) < 4.78 is 5.71. The predicted octanol–water partition coefficient (Wildman–Crippen LogP) is 3.28. The van der Waals surface area contributed by atoms with Crippen molar-refractivity contribution < 1.29 is 4.74 Å². The maximum absolute atomic E-state index is 6.29. The third-order valence-electron chi connectivity index (χ3n) is 3.38. The summed E-state index contributed by atoms with van der Waals surface area (Å²) in [5, 5.41) is 0.757. The molecular formula is C14H15ClN2OS. The van der Waals surface area contributed by atoms with Crippen LogP contribution in [0.5, 0.6) is 5.75 Å². The van der Waals surface area contributed by atoms with Crippen LogP contribution in [0, 0.1) is 6.92 Å². The van der Waals surface area contributed by atoms with Gasteiger partial charge in [0, 0.05) is 22.4 Å². The van der Waals surface area contributed by atoms with Gasteiger partial charge in [-0.25, -0.2) is 4.98 Å². The Kier molecular flexibility index (Phi) is 3.48. The maximum atomic E-state index is 6.29. The molecule has 1 unspecified atom stereocenters. The quantitative estimate of drug-likeness (QED) is 0.945. The predicted molar refractivity (Wildman–Crippen MR) is 78.1 cm³/mol. The van der Waals surface area contributed by atoms with Gasteiger partial charge in [-0.05, 0) is 36.6 Å². The van der Waals surface area contributed by atoms with Crippen LogP contribution in [-0.2, 0) is 12.8 Å². The molecule has 2 aromatic rings. The zero-order valence-electron chi connectivity index (χ0n) is 10.6. The summed E-state index contributed by atoms with van der Waals surface area (Å²) >= 11 is 7.77. The molecule has 0 saturated carbocycles. The lowest BCUT2D eigenvalue weighted by Crippen LogP contribution is -2.13. The third kappa shape index (κ3) is 2.48. The molecule has 0 fully saturated rings. The Morgan fingerprint density at radius 1 is 1.53 bits per heavy atom. The standard InChI is InChI=1S/C14H15ClN2OS/c1-8-14(19-7-17-8)12(16)6-10-5-11(15)4-9-2-3-18-13(9)10/h4-5,7,12H,2-3,6,16H2,1H3. The van der Waals surface area contributed by atoms with Crippen molar-refractivity contribution in [3.63, 3.8) is 0 Å². The summed E-state index contributed by atoms with van der Waals surface area (Å²) in [6.07, 6.45) is 1.66. The molecule has 100 valence electrons. The van der Waals surface area contributed by atoms with Crippen molar-refractivity contribution in [2.45, 2.75) is 25.8 Å². The lowest BCUT2D eigenvalue weighted by atomic mass is 10.0. The van der Waals surface area contributed by atoms with Gasteiger partial charge < -0.3 is 10.5 Å². The van der Waals surface area contributed by atoms with E-state index in [1.807, 2.05) is 24.6 Å². The summed E-state index contributed by atoms with van der Waals surface area (Å²) in [6, 6.07) is 3.89. The van der Waals surface area contributed by atoms with E-state index in [1.165, 1.54) is 5.56 Å². The molecule has 3 rings (SSSR count). The highest BCUT2D eigenvalue weighted by Crippen LogP contribution is 2.35. The van der Waals surface area contributed by atoms with Crippen LogP contribution in [0.3, 0.4) is 0 Å². The summed E-state index contributed by atoms with van der Waals surface area (Å²) in [5.41, 5.74) is 11.4. The first-order chi connectivity index (χ1) is 9.15. The first kappa shape index (κ1) is 12.9. The fourth-order valence-corrected chi connectivity index (χ4v) is 3.56. The molecule has 0 spiro atoms. The Bertz CT molecular complexity index is 611. The molecule has 0 amide bonds. The molecule has 1 atom stereocenters. The fourth-order valence-electron chi connectivity index (χ4n) is 2.49. The van der Waals surface area contributed by atoms with Gasteiger partial charge in [-0.15, -0.1) is 11.3 Å². The van der Waals surface area contributed by atoms with Crippen molar-refractivity contribution >= 4 is 22.9 Å². The average molecular weight is 295 g/mol. The van der Waals surface area contributed by atoms with Crippen LogP contribution in [0.4, 0.5) is 0 Å². The molecule has 0 bridgehead atoms. The van der Waals surface area contributed by atoms with E-state index < -0.39 is 0 Å². The van der Waals surface area contributed by atoms with Crippen molar-refractivity contribution in [1.82, 2.24) is 4.98 Å². The van der Waals surface area contributed by atoms with Crippen molar-refractivity contribution in [3.05, 3.63) is 44.4 Å². The Morgan fingerprint density at radius 3 is 3.11 bits per heavy atom. The van der Waals surface area contributed by atoms with E-state index in [1.54, 1.807) is 11.3 Å². The molecule has 5 heteroatoms. The Balaban J connectivity index is 1.90. The minimum Gasteiger partial charge on any atom is -0.493 e. The number of thiazole rings is 1. The zero-order chi connectivity index (χ0) is 13.4. The molecule has 19 heavy (non-hydrogen) atoms. The molecule has 2 N–H and O–H groups in total. The van der Waals surface area contributed by atoms with Gasteiger partial charge in [0.2, 0.25) is 0 Å². The van der Waals surface area contributed by atoms with E-state index >= 15 is 0 Å². The lowest BCUT2D eigenvalue weighted by Gasteiger charge is -2.14. The second-order valence-electron chi connectivity index (χ2n) is 4.76. The number of benzene rings is 1. The van der Waals surface area contributed by atoms with Crippen LogP contribution >= 0.6 is 22.9 Å². The first-order valence-electron chi connectivity index (χ1n) is 6.25.